The van der Waals surface area contributed by atoms with Gasteiger partial charge in [0, 0.05) is 17.1 Å². The second-order valence-corrected chi connectivity index (χ2v) is 10.9. The second-order valence-electron chi connectivity index (χ2n) is 8.83. The highest BCUT2D eigenvalue weighted by molar-refractivity contribution is 7.90. The quantitative estimate of drug-likeness (QED) is 0.691. The summed E-state index contributed by atoms with van der Waals surface area (Å²) < 4.78 is 27.4. The van der Waals surface area contributed by atoms with Gasteiger partial charge in [-0.1, -0.05) is 49.1 Å². The van der Waals surface area contributed by atoms with Crippen LogP contribution in [0.5, 0.6) is 0 Å². The van der Waals surface area contributed by atoms with E-state index in [0.29, 0.717) is 24.4 Å². The van der Waals surface area contributed by atoms with Crippen molar-refractivity contribution in [1.29, 1.82) is 0 Å². The van der Waals surface area contributed by atoms with Crippen LogP contribution in [0.1, 0.15) is 67.3 Å². The molecular weight excluding hydrogens is 448 g/mol. The minimum Gasteiger partial charge on any atom is -0.324 e. The maximum Gasteiger partial charge on any atom is 0.264 e. The van der Waals surface area contributed by atoms with E-state index in [1.807, 2.05) is 24.3 Å². The Morgan fingerprint density at radius 3 is 2.34 bits per heavy atom. The molecule has 1 aliphatic heterocycles. The van der Waals surface area contributed by atoms with Crippen LogP contribution in [-0.4, -0.2) is 37.2 Å². The summed E-state index contributed by atoms with van der Waals surface area (Å²) in [6.45, 7) is 1.98. The number of rotatable bonds is 5. The number of benzene rings is 2. The number of hydrogen-bond donors (Lipinski definition) is 1. The standard InChI is InChI=1S/C24H27ClN2O4S/c1-24(23(29)26-32(30,31)21-9-5-8-20(25)16-21)14-15-27(24)22(28)19-12-10-18(11-13-19)17-6-3-2-4-7-17/h5,8-13,16-17H,2-4,6-7,14-15H2,1H3,(H,26,29). The van der Waals surface area contributed by atoms with Crippen LogP contribution in [0.4, 0.5) is 0 Å². The topological polar surface area (TPSA) is 83.6 Å². The molecule has 2 fully saturated rings. The van der Waals surface area contributed by atoms with Crippen LogP contribution < -0.4 is 4.72 Å². The summed E-state index contributed by atoms with van der Waals surface area (Å²) in [4.78, 5) is 27.3. The third-order valence-corrected chi connectivity index (χ3v) is 8.28. The number of sulfonamides is 1. The summed E-state index contributed by atoms with van der Waals surface area (Å²) in [5.74, 6) is -0.454. The molecule has 2 amide bonds. The van der Waals surface area contributed by atoms with Crippen molar-refractivity contribution in [3.05, 3.63) is 64.7 Å². The number of amides is 2. The third-order valence-electron chi connectivity index (χ3n) is 6.72. The third kappa shape index (κ3) is 4.41. The predicted octanol–water partition coefficient (Wildman–Crippen LogP) is 4.50. The van der Waals surface area contributed by atoms with Crippen molar-refractivity contribution < 1.29 is 18.0 Å². The van der Waals surface area contributed by atoms with Crippen molar-refractivity contribution in [2.75, 3.05) is 6.54 Å². The molecule has 6 nitrogen and oxygen atoms in total. The normalized spacial score (nSPS) is 21.6. The molecule has 1 atom stereocenters. The number of hydrogen-bond acceptors (Lipinski definition) is 4. The van der Waals surface area contributed by atoms with Crippen LogP contribution >= 0.6 is 11.6 Å². The highest BCUT2D eigenvalue weighted by Gasteiger charge is 2.50. The largest absolute Gasteiger partial charge is 0.324 e. The minimum atomic E-state index is -4.10. The Balaban J connectivity index is 1.46. The first kappa shape index (κ1) is 22.8. The van der Waals surface area contributed by atoms with Crippen LogP contribution in [0.25, 0.3) is 0 Å². The highest BCUT2D eigenvalue weighted by atomic mass is 35.5. The van der Waals surface area contributed by atoms with Crippen molar-refractivity contribution in [3.8, 4) is 0 Å². The molecule has 1 unspecified atom stereocenters. The Morgan fingerprint density at radius 2 is 1.75 bits per heavy atom. The molecule has 1 saturated carbocycles. The van der Waals surface area contributed by atoms with Crippen LogP contribution in [0.3, 0.4) is 0 Å². The number of nitrogens with zero attached hydrogens (tertiary/aromatic N) is 1. The molecule has 1 heterocycles. The van der Waals surface area contributed by atoms with E-state index in [1.165, 1.54) is 60.8 Å². The van der Waals surface area contributed by atoms with Crippen molar-refractivity contribution in [1.82, 2.24) is 9.62 Å². The smallest absolute Gasteiger partial charge is 0.264 e. The second kappa shape index (κ2) is 8.87. The van der Waals surface area contributed by atoms with E-state index in [1.54, 1.807) is 13.0 Å². The number of nitrogens with one attached hydrogen (secondary N) is 1. The van der Waals surface area contributed by atoms with E-state index in [2.05, 4.69) is 4.72 Å². The molecule has 1 aliphatic carbocycles. The van der Waals surface area contributed by atoms with Crippen LogP contribution in [0, 0.1) is 0 Å². The van der Waals surface area contributed by atoms with Gasteiger partial charge in [-0.05, 0) is 68.0 Å². The Morgan fingerprint density at radius 1 is 1.06 bits per heavy atom. The summed E-state index contributed by atoms with van der Waals surface area (Å²) in [5, 5.41) is 0.253. The maximum atomic E-state index is 13.1. The summed E-state index contributed by atoms with van der Waals surface area (Å²) in [7, 11) is -4.10. The summed E-state index contributed by atoms with van der Waals surface area (Å²) in [5.41, 5.74) is 0.518. The molecule has 2 aromatic rings. The van der Waals surface area contributed by atoms with Gasteiger partial charge in [-0.25, -0.2) is 13.1 Å². The Bertz CT molecular complexity index is 1130. The number of halogens is 1. The molecule has 32 heavy (non-hydrogen) atoms. The van der Waals surface area contributed by atoms with Crippen LogP contribution in [-0.2, 0) is 14.8 Å². The Hall–Kier alpha value is -2.38. The number of likely N-dealkylation sites (tertiary alicyclic amines) is 1. The van der Waals surface area contributed by atoms with Gasteiger partial charge in [0.25, 0.3) is 21.8 Å². The first-order valence-electron chi connectivity index (χ1n) is 11.0. The monoisotopic (exact) mass is 474 g/mol. The fourth-order valence-corrected chi connectivity index (χ4v) is 5.91. The van der Waals surface area contributed by atoms with Gasteiger partial charge >= 0.3 is 0 Å². The molecular formula is C24H27ClN2O4S. The van der Waals surface area contributed by atoms with Crippen molar-refractivity contribution >= 4 is 33.4 Å². The SMILES string of the molecule is CC1(C(=O)NS(=O)(=O)c2cccc(Cl)c2)CCN1C(=O)c1ccc(C2CCCCC2)cc1. The van der Waals surface area contributed by atoms with E-state index in [9.17, 15) is 18.0 Å². The zero-order valence-corrected chi connectivity index (χ0v) is 19.6. The molecule has 2 aliphatic rings. The molecule has 0 radical (unpaired) electrons. The fourth-order valence-electron chi connectivity index (χ4n) is 4.54. The van der Waals surface area contributed by atoms with Crippen LogP contribution in [0.15, 0.2) is 53.4 Å². The first-order valence-corrected chi connectivity index (χ1v) is 12.8. The van der Waals surface area contributed by atoms with Gasteiger partial charge in [0.1, 0.15) is 5.54 Å². The van der Waals surface area contributed by atoms with Gasteiger partial charge in [0.05, 0.1) is 4.90 Å². The summed E-state index contributed by atoms with van der Waals surface area (Å²) in [6.07, 6.45) is 6.51. The Labute approximate surface area is 194 Å². The van der Waals surface area contributed by atoms with Crippen molar-refractivity contribution in [2.45, 2.75) is 61.8 Å². The molecule has 0 bridgehead atoms. The minimum absolute atomic E-state index is 0.0996. The molecule has 0 spiro atoms. The molecule has 8 heteroatoms. The molecule has 2 aromatic carbocycles. The maximum absolute atomic E-state index is 13.1. The Kier molecular flexibility index (Phi) is 6.32. The van der Waals surface area contributed by atoms with E-state index in [4.69, 9.17) is 11.6 Å². The summed E-state index contributed by atoms with van der Waals surface area (Å²) >= 11 is 5.88. The van der Waals surface area contributed by atoms with Gasteiger partial charge in [0.15, 0.2) is 0 Å². The molecule has 0 aromatic heterocycles. The lowest BCUT2D eigenvalue weighted by Crippen LogP contribution is -2.67. The van der Waals surface area contributed by atoms with Gasteiger partial charge in [-0.15, -0.1) is 0 Å². The highest BCUT2D eigenvalue weighted by Crippen LogP contribution is 2.35. The van der Waals surface area contributed by atoms with E-state index in [-0.39, 0.29) is 15.8 Å². The average Bonchev–Trinajstić information content (AvgIpc) is 2.78. The lowest BCUT2D eigenvalue weighted by atomic mass is 9.83. The van der Waals surface area contributed by atoms with Crippen LogP contribution in [0.2, 0.25) is 5.02 Å². The number of carbonyl (C=O) groups is 2. The average molecular weight is 475 g/mol. The van der Waals surface area contributed by atoms with Gasteiger partial charge in [-0.3, -0.25) is 9.59 Å². The lowest BCUT2D eigenvalue weighted by molar-refractivity contribution is -0.135. The van der Waals surface area contributed by atoms with Crippen molar-refractivity contribution in [2.24, 2.45) is 0 Å². The van der Waals surface area contributed by atoms with Crippen molar-refractivity contribution in [3.63, 3.8) is 0 Å². The zero-order valence-electron chi connectivity index (χ0n) is 18.0. The van der Waals surface area contributed by atoms with E-state index < -0.39 is 21.5 Å². The number of carbonyl (C=O) groups excluding carboxylic acids is 2. The molecule has 4 rings (SSSR count). The molecule has 1 N–H and O–H groups in total. The van der Waals surface area contributed by atoms with Gasteiger partial charge < -0.3 is 4.90 Å². The first-order chi connectivity index (χ1) is 15.2. The fraction of sp³-hybridized carbons (Fsp3) is 0.417. The summed E-state index contributed by atoms with van der Waals surface area (Å²) in [6, 6.07) is 13.3. The van der Waals surface area contributed by atoms with Gasteiger partial charge in [0.2, 0.25) is 0 Å². The van der Waals surface area contributed by atoms with E-state index >= 15 is 0 Å². The molecule has 1 saturated heterocycles. The zero-order chi connectivity index (χ0) is 22.9. The van der Waals surface area contributed by atoms with Gasteiger partial charge in [-0.2, -0.15) is 0 Å². The molecule has 170 valence electrons. The lowest BCUT2D eigenvalue weighted by Gasteiger charge is -2.48. The predicted molar refractivity (Wildman–Crippen MR) is 123 cm³/mol. The van der Waals surface area contributed by atoms with E-state index in [0.717, 1.165) is 0 Å².